The number of alkyl halides is 3. The second-order valence-electron chi connectivity index (χ2n) is 6.45. The van der Waals surface area contributed by atoms with E-state index < -0.39 is 29.1 Å². The van der Waals surface area contributed by atoms with Gasteiger partial charge >= 0.3 is 6.18 Å². The van der Waals surface area contributed by atoms with Crippen molar-refractivity contribution in [2.45, 2.75) is 25.1 Å². The van der Waals surface area contributed by atoms with Crippen molar-refractivity contribution in [3.63, 3.8) is 0 Å². The molecule has 3 aromatic rings. The van der Waals surface area contributed by atoms with Crippen LogP contribution < -0.4 is 14.8 Å². The van der Waals surface area contributed by atoms with Crippen LogP contribution >= 0.6 is 11.3 Å². The maximum Gasteiger partial charge on any atom is 0.424 e. The third-order valence-corrected chi connectivity index (χ3v) is 5.37. The predicted molar refractivity (Wildman–Crippen MR) is 105 cm³/mol. The Balaban J connectivity index is 1.79. The molecular weight excluding hydrogens is 439 g/mol. The van der Waals surface area contributed by atoms with Crippen LogP contribution in [0.5, 0.6) is 11.5 Å². The largest absolute Gasteiger partial charge is 0.497 e. The van der Waals surface area contributed by atoms with Crippen LogP contribution in [-0.4, -0.2) is 51.6 Å². The molecule has 1 atom stereocenters. The van der Waals surface area contributed by atoms with Crippen molar-refractivity contribution in [1.82, 2.24) is 20.2 Å². The third kappa shape index (κ3) is 4.61. The van der Waals surface area contributed by atoms with Gasteiger partial charge in [0, 0.05) is 17.1 Å². The number of aliphatic hydroxyl groups is 1. The number of hydrogen-bond acceptors (Lipinski definition) is 8. The molecule has 0 aliphatic carbocycles. The van der Waals surface area contributed by atoms with Gasteiger partial charge in [0.1, 0.15) is 16.5 Å². The highest BCUT2D eigenvalue weighted by Crippen LogP contribution is 2.43. The average Bonchev–Trinajstić information content (AvgIpc) is 3.35. The summed E-state index contributed by atoms with van der Waals surface area (Å²) in [6.07, 6.45) is -6.42. The standard InChI is InChI=1S/C18H18F3N5O4S/c1-9-8-31-15(22-9)17(28,18(19,20)21)7-13(27)23-16-24-14(25-26-16)11-5-4-10(29-2)6-12(11)30-3/h4-6,8,28H,7H2,1-3H3,(H2,23,24,25,26,27). The lowest BCUT2D eigenvalue weighted by Gasteiger charge is -2.27. The molecule has 2 aromatic heterocycles. The molecule has 0 aliphatic rings. The number of aromatic amines is 1. The van der Waals surface area contributed by atoms with Gasteiger partial charge in [0.05, 0.1) is 26.2 Å². The first kappa shape index (κ1) is 22.5. The fourth-order valence-electron chi connectivity index (χ4n) is 2.67. The number of rotatable bonds is 7. The highest BCUT2D eigenvalue weighted by molar-refractivity contribution is 7.09. The molecule has 3 N–H and O–H groups in total. The smallest absolute Gasteiger partial charge is 0.424 e. The third-order valence-electron chi connectivity index (χ3n) is 4.26. The molecule has 0 saturated carbocycles. The number of amides is 1. The molecule has 31 heavy (non-hydrogen) atoms. The molecule has 1 unspecified atom stereocenters. The van der Waals surface area contributed by atoms with E-state index in [1.165, 1.54) is 26.5 Å². The lowest BCUT2D eigenvalue weighted by Crippen LogP contribution is -2.45. The Labute approximate surface area is 178 Å². The summed E-state index contributed by atoms with van der Waals surface area (Å²) in [4.78, 5) is 20.0. The van der Waals surface area contributed by atoms with E-state index in [1.807, 2.05) is 0 Å². The minimum atomic E-state index is -5.12. The number of hydrogen-bond donors (Lipinski definition) is 3. The number of carbonyl (C=O) groups excluding carboxylic acids is 1. The molecule has 0 fully saturated rings. The van der Waals surface area contributed by atoms with Crippen molar-refractivity contribution >= 4 is 23.2 Å². The zero-order valence-electron chi connectivity index (χ0n) is 16.6. The summed E-state index contributed by atoms with van der Waals surface area (Å²) >= 11 is 0.617. The van der Waals surface area contributed by atoms with E-state index in [4.69, 9.17) is 9.47 Å². The number of benzene rings is 1. The summed E-state index contributed by atoms with van der Waals surface area (Å²) in [7, 11) is 2.93. The van der Waals surface area contributed by atoms with Gasteiger partial charge in [-0.3, -0.25) is 15.2 Å². The van der Waals surface area contributed by atoms with Crippen LogP contribution in [0.15, 0.2) is 23.6 Å². The van der Waals surface area contributed by atoms with Crippen molar-refractivity contribution in [3.05, 3.63) is 34.3 Å². The van der Waals surface area contributed by atoms with Crippen LogP contribution in [-0.2, 0) is 10.4 Å². The van der Waals surface area contributed by atoms with Crippen LogP contribution in [0.2, 0.25) is 0 Å². The van der Waals surface area contributed by atoms with Crippen molar-refractivity contribution < 1.29 is 32.5 Å². The van der Waals surface area contributed by atoms with Gasteiger partial charge < -0.3 is 14.6 Å². The number of aromatic nitrogens is 4. The van der Waals surface area contributed by atoms with Gasteiger partial charge in [-0.05, 0) is 19.1 Å². The molecule has 0 radical (unpaired) electrons. The van der Waals surface area contributed by atoms with Gasteiger partial charge in [0.25, 0.3) is 0 Å². The van der Waals surface area contributed by atoms with Crippen molar-refractivity contribution in [3.8, 4) is 22.9 Å². The van der Waals surface area contributed by atoms with E-state index in [1.54, 1.807) is 18.2 Å². The van der Waals surface area contributed by atoms with E-state index >= 15 is 0 Å². The Kier molecular flexibility index (Phi) is 6.18. The molecule has 0 bridgehead atoms. The number of carbonyl (C=O) groups is 1. The molecule has 9 nitrogen and oxygen atoms in total. The number of halogens is 3. The summed E-state index contributed by atoms with van der Waals surface area (Å²) in [5.41, 5.74) is -2.65. The maximum atomic E-state index is 13.5. The number of thiazole rings is 1. The van der Waals surface area contributed by atoms with Crippen LogP contribution in [0.1, 0.15) is 17.1 Å². The first-order valence-corrected chi connectivity index (χ1v) is 9.61. The van der Waals surface area contributed by atoms with Crippen LogP contribution in [0, 0.1) is 6.92 Å². The minimum absolute atomic E-state index is 0.205. The first-order valence-electron chi connectivity index (χ1n) is 8.73. The topological polar surface area (TPSA) is 122 Å². The summed E-state index contributed by atoms with van der Waals surface area (Å²) in [6, 6.07) is 4.89. The summed E-state index contributed by atoms with van der Waals surface area (Å²) in [5, 5.41) is 19.5. The lowest BCUT2D eigenvalue weighted by atomic mass is 9.99. The predicted octanol–water partition coefficient (Wildman–Crippen LogP) is 3.03. The van der Waals surface area contributed by atoms with E-state index in [2.05, 4.69) is 25.5 Å². The molecule has 0 aliphatic heterocycles. The summed E-state index contributed by atoms with van der Waals surface area (Å²) in [5.74, 6) is -0.259. The Morgan fingerprint density at radius 1 is 1.26 bits per heavy atom. The summed E-state index contributed by atoms with van der Waals surface area (Å²) < 4.78 is 51.0. The SMILES string of the molecule is COc1ccc(-c2nc(NC(=O)CC(O)(c3nc(C)cs3)C(F)(F)F)n[nH]2)c(OC)c1. The van der Waals surface area contributed by atoms with Crippen LogP contribution in [0.3, 0.4) is 0 Å². The molecule has 166 valence electrons. The second-order valence-corrected chi connectivity index (χ2v) is 7.31. The minimum Gasteiger partial charge on any atom is -0.497 e. The highest BCUT2D eigenvalue weighted by atomic mass is 32.1. The first-order chi connectivity index (χ1) is 14.6. The van der Waals surface area contributed by atoms with Gasteiger partial charge in [-0.25, -0.2) is 4.98 Å². The fourth-order valence-corrected chi connectivity index (χ4v) is 3.59. The van der Waals surface area contributed by atoms with E-state index in [0.717, 1.165) is 0 Å². The van der Waals surface area contributed by atoms with E-state index in [9.17, 15) is 23.1 Å². The van der Waals surface area contributed by atoms with Crippen molar-refractivity contribution in [2.24, 2.45) is 0 Å². The summed E-state index contributed by atoms with van der Waals surface area (Å²) in [6.45, 7) is 1.49. The lowest BCUT2D eigenvalue weighted by molar-refractivity contribution is -0.266. The van der Waals surface area contributed by atoms with Gasteiger partial charge in [-0.2, -0.15) is 18.2 Å². The second kappa shape index (κ2) is 8.51. The number of H-pyrrole nitrogens is 1. The maximum absolute atomic E-state index is 13.5. The molecule has 13 heteroatoms. The number of anilines is 1. The Morgan fingerprint density at radius 3 is 2.58 bits per heavy atom. The van der Waals surface area contributed by atoms with Crippen molar-refractivity contribution in [2.75, 3.05) is 19.5 Å². The number of nitrogens with zero attached hydrogens (tertiary/aromatic N) is 3. The Hall–Kier alpha value is -3.19. The Bertz CT molecular complexity index is 1080. The molecule has 3 rings (SSSR count). The molecular formula is C18H18F3N5O4S. The number of nitrogens with one attached hydrogen (secondary N) is 2. The molecule has 0 spiro atoms. The highest BCUT2D eigenvalue weighted by Gasteiger charge is 2.58. The van der Waals surface area contributed by atoms with E-state index in [-0.39, 0.29) is 11.8 Å². The van der Waals surface area contributed by atoms with Crippen molar-refractivity contribution in [1.29, 1.82) is 0 Å². The Morgan fingerprint density at radius 2 is 2.00 bits per heavy atom. The van der Waals surface area contributed by atoms with Crippen LogP contribution in [0.4, 0.5) is 19.1 Å². The van der Waals surface area contributed by atoms with Crippen LogP contribution in [0.25, 0.3) is 11.4 Å². The number of aryl methyl sites for hydroxylation is 1. The van der Waals surface area contributed by atoms with Gasteiger partial charge in [-0.1, -0.05) is 0 Å². The molecule has 1 amide bonds. The number of ether oxygens (including phenoxy) is 2. The van der Waals surface area contributed by atoms with Gasteiger partial charge in [0.2, 0.25) is 17.5 Å². The zero-order chi connectivity index (χ0) is 22.8. The average molecular weight is 457 g/mol. The molecule has 0 saturated heterocycles. The molecule has 2 heterocycles. The van der Waals surface area contributed by atoms with Gasteiger partial charge in [0.15, 0.2) is 5.82 Å². The number of methoxy groups -OCH3 is 2. The quantitative estimate of drug-likeness (QED) is 0.498. The molecule has 1 aromatic carbocycles. The fraction of sp³-hybridized carbons (Fsp3) is 0.333. The normalized spacial score (nSPS) is 13.5. The van der Waals surface area contributed by atoms with E-state index in [0.29, 0.717) is 34.1 Å². The van der Waals surface area contributed by atoms with Gasteiger partial charge in [-0.15, -0.1) is 16.4 Å². The zero-order valence-corrected chi connectivity index (χ0v) is 17.4. The monoisotopic (exact) mass is 457 g/mol.